The van der Waals surface area contributed by atoms with Crippen molar-refractivity contribution in [3.63, 3.8) is 0 Å². The van der Waals surface area contributed by atoms with Crippen LogP contribution in [0.5, 0.6) is 0 Å². The number of aryl methyl sites for hydroxylation is 1. The first-order valence-electron chi connectivity index (χ1n) is 8.08. The van der Waals surface area contributed by atoms with E-state index < -0.39 is 0 Å². The number of hydrogen-bond donors (Lipinski definition) is 1. The Morgan fingerprint density at radius 1 is 1.13 bits per heavy atom. The molecule has 0 fully saturated rings. The fraction of sp³-hybridized carbons (Fsp3) is 0.316. The minimum Gasteiger partial charge on any atom is -0.311 e. The molecule has 0 unspecified atom stereocenters. The van der Waals surface area contributed by atoms with Crippen LogP contribution in [0.25, 0.3) is 0 Å². The monoisotopic (exact) mass is 312 g/mol. The standard InChI is InChI=1S/C19H21FN2O/c20-17-9-3-1-6-15(17)11-12-21-14-19(23)22-13-5-8-16-7-2-4-10-18(16)22/h1-4,6-7,9-10,21H,5,8,11-14H2. The molecule has 0 radical (unpaired) electrons. The van der Waals surface area contributed by atoms with Crippen molar-refractivity contribution in [3.05, 3.63) is 65.5 Å². The first-order chi connectivity index (χ1) is 11.3. The van der Waals surface area contributed by atoms with Gasteiger partial charge in [0.2, 0.25) is 5.91 Å². The third-order valence-electron chi connectivity index (χ3n) is 4.22. The minimum absolute atomic E-state index is 0.0747. The SMILES string of the molecule is O=C(CNCCc1ccccc1F)N1CCCc2ccccc21. The van der Waals surface area contributed by atoms with E-state index in [0.717, 1.165) is 25.1 Å². The zero-order chi connectivity index (χ0) is 16.1. The molecular formula is C19H21FN2O. The Balaban J connectivity index is 1.52. The van der Waals surface area contributed by atoms with Crippen LogP contribution >= 0.6 is 0 Å². The molecule has 3 nitrogen and oxygen atoms in total. The number of para-hydroxylation sites is 1. The zero-order valence-electron chi connectivity index (χ0n) is 13.1. The van der Waals surface area contributed by atoms with Gasteiger partial charge in [0.1, 0.15) is 5.82 Å². The van der Waals surface area contributed by atoms with Gasteiger partial charge in [-0.25, -0.2) is 4.39 Å². The smallest absolute Gasteiger partial charge is 0.240 e. The number of benzene rings is 2. The maximum absolute atomic E-state index is 13.5. The Morgan fingerprint density at radius 2 is 1.91 bits per heavy atom. The molecule has 0 aliphatic carbocycles. The number of nitrogens with one attached hydrogen (secondary N) is 1. The quantitative estimate of drug-likeness (QED) is 0.861. The Bertz CT molecular complexity index is 687. The summed E-state index contributed by atoms with van der Waals surface area (Å²) in [5.74, 6) is -0.115. The number of carbonyl (C=O) groups is 1. The molecule has 2 aromatic carbocycles. The zero-order valence-corrected chi connectivity index (χ0v) is 13.1. The summed E-state index contributed by atoms with van der Waals surface area (Å²) in [5, 5.41) is 3.13. The molecule has 1 N–H and O–H groups in total. The van der Waals surface area contributed by atoms with Gasteiger partial charge in [0.05, 0.1) is 6.54 Å². The van der Waals surface area contributed by atoms with Gasteiger partial charge in [0, 0.05) is 12.2 Å². The molecule has 0 bridgehead atoms. The average molecular weight is 312 g/mol. The van der Waals surface area contributed by atoms with Crippen molar-refractivity contribution in [1.82, 2.24) is 5.32 Å². The summed E-state index contributed by atoms with van der Waals surface area (Å²) < 4.78 is 13.5. The van der Waals surface area contributed by atoms with Crippen molar-refractivity contribution < 1.29 is 9.18 Å². The first-order valence-corrected chi connectivity index (χ1v) is 8.08. The predicted molar refractivity (Wildman–Crippen MR) is 90.1 cm³/mol. The lowest BCUT2D eigenvalue weighted by molar-refractivity contribution is -0.117. The normalized spacial score (nSPS) is 13.7. The molecule has 1 amide bonds. The number of anilines is 1. The Hall–Kier alpha value is -2.20. The van der Waals surface area contributed by atoms with Gasteiger partial charge < -0.3 is 10.2 Å². The molecule has 1 aliphatic rings. The van der Waals surface area contributed by atoms with Crippen LogP contribution in [0, 0.1) is 5.82 Å². The summed E-state index contributed by atoms with van der Waals surface area (Å²) >= 11 is 0. The molecule has 2 aromatic rings. The molecule has 1 heterocycles. The maximum atomic E-state index is 13.5. The second-order valence-corrected chi connectivity index (χ2v) is 5.80. The second-order valence-electron chi connectivity index (χ2n) is 5.80. The number of carbonyl (C=O) groups excluding carboxylic acids is 1. The third-order valence-corrected chi connectivity index (χ3v) is 4.22. The van der Waals surface area contributed by atoms with E-state index in [9.17, 15) is 9.18 Å². The highest BCUT2D eigenvalue weighted by molar-refractivity contribution is 5.95. The molecule has 4 heteroatoms. The highest BCUT2D eigenvalue weighted by Crippen LogP contribution is 2.26. The van der Waals surface area contributed by atoms with E-state index in [4.69, 9.17) is 0 Å². The van der Waals surface area contributed by atoms with Gasteiger partial charge >= 0.3 is 0 Å². The van der Waals surface area contributed by atoms with E-state index in [2.05, 4.69) is 11.4 Å². The highest BCUT2D eigenvalue weighted by atomic mass is 19.1. The number of halogens is 1. The summed E-state index contributed by atoms with van der Waals surface area (Å²) in [6.45, 7) is 1.63. The highest BCUT2D eigenvalue weighted by Gasteiger charge is 2.21. The maximum Gasteiger partial charge on any atom is 0.240 e. The van der Waals surface area contributed by atoms with Crippen molar-refractivity contribution >= 4 is 11.6 Å². The molecular weight excluding hydrogens is 291 g/mol. The van der Waals surface area contributed by atoms with Crippen LogP contribution in [0.3, 0.4) is 0 Å². The van der Waals surface area contributed by atoms with E-state index in [-0.39, 0.29) is 18.3 Å². The van der Waals surface area contributed by atoms with Crippen LogP contribution in [0.15, 0.2) is 48.5 Å². The predicted octanol–water partition coefficient (Wildman–Crippen LogP) is 2.94. The van der Waals surface area contributed by atoms with Crippen LogP contribution in [0.1, 0.15) is 17.5 Å². The second kappa shape index (κ2) is 7.38. The van der Waals surface area contributed by atoms with Gasteiger partial charge in [-0.1, -0.05) is 36.4 Å². The fourth-order valence-electron chi connectivity index (χ4n) is 3.01. The number of fused-ring (bicyclic) bond motifs is 1. The topological polar surface area (TPSA) is 32.3 Å². The summed E-state index contributed by atoms with van der Waals surface area (Å²) in [5.41, 5.74) is 2.94. The van der Waals surface area contributed by atoms with Crippen LogP contribution in [-0.2, 0) is 17.6 Å². The van der Waals surface area contributed by atoms with E-state index in [1.165, 1.54) is 11.6 Å². The number of hydrogen-bond acceptors (Lipinski definition) is 2. The van der Waals surface area contributed by atoms with E-state index in [1.807, 2.05) is 29.2 Å². The minimum atomic E-state index is -0.189. The van der Waals surface area contributed by atoms with Crippen LogP contribution in [0.2, 0.25) is 0 Å². The molecule has 3 rings (SSSR count). The molecule has 1 aliphatic heterocycles. The molecule has 23 heavy (non-hydrogen) atoms. The van der Waals surface area contributed by atoms with Crippen molar-refractivity contribution in [2.75, 3.05) is 24.5 Å². The van der Waals surface area contributed by atoms with Crippen molar-refractivity contribution in [1.29, 1.82) is 0 Å². The summed E-state index contributed by atoms with van der Waals surface area (Å²) in [6.07, 6.45) is 2.61. The lowest BCUT2D eigenvalue weighted by Crippen LogP contribution is -2.41. The largest absolute Gasteiger partial charge is 0.311 e. The average Bonchev–Trinajstić information content (AvgIpc) is 2.59. The van der Waals surface area contributed by atoms with Gasteiger partial charge in [-0.15, -0.1) is 0 Å². The van der Waals surface area contributed by atoms with Crippen LogP contribution in [0.4, 0.5) is 10.1 Å². The van der Waals surface area contributed by atoms with Crippen LogP contribution < -0.4 is 10.2 Å². The molecule has 120 valence electrons. The van der Waals surface area contributed by atoms with Crippen molar-refractivity contribution in [2.24, 2.45) is 0 Å². The Labute approximate surface area is 136 Å². The van der Waals surface area contributed by atoms with Gasteiger partial charge in [-0.3, -0.25) is 4.79 Å². The molecule has 0 saturated heterocycles. The first kappa shape index (κ1) is 15.7. The number of amides is 1. The van der Waals surface area contributed by atoms with E-state index >= 15 is 0 Å². The molecule has 0 saturated carbocycles. The van der Waals surface area contributed by atoms with Crippen molar-refractivity contribution in [2.45, 2.75) is 19.3 Å². The third kappa shape index (κ3) is 3.77. The lowest BCUT2D eigenvalue weighted by atomic mass is 10.0. The molecule has 0 spiro atoms. The summed E-state index contributed by atoms with van der Waals surface area (Å²) in [4.78, 5) is 14.3. The van der Waals surface area contributed by atoms with E-state index in [0.29, 0.717) is 18.5 Å². The van der Waals surface area contributed by atoms with Crippen molar-refractivity contribution in [3.8, 4) is 0 Å². The van der Waals surface area contributed by atoms with E-state index in [1.54, 1.807) is 12.1 Å². The Morgan fingerprint density at radius 3 is 2.78 bits per heavy atom. The van der Waals surface area contributed by atoms with Gasteiger partial charge in [0.25, 0.3) is 0 Å². The lowest BCUT2D eigenvalue weighted by Gasteiger charge is -2.29. The van der Waals surface area contributed by atoms with Gasteiger partial charge in [-0.05, 0) is 49.1 Å². The molecule has 0 atom stereocenters. The molecule has 0 aromatic heterocycles. The summed E-state index contributed by atoms with van der Waals surface area (Å²) in [7, 11) is 0. The Kier molecular flexibility index (Phi) is 5.03. The number of rotatable bonds is 5. The van der Waals surface area contributed by atoms with Gasteiger partial charge in [-0.2, -0.15) is 0 Å². The van der Waals surface area contributed by atoms with Crippen LogP contribution in [-0.4, -0.2) is 25.5 Å². The summed E-state index contributed by atoms with van der Waals surface area (Å²) in [6, 6.07) is 14.8. The number of nitrogens with zero attached hydrogens (tertiary/aromatic N) is 1. The fourth-order valence-corrected chi connectivity index (χ4v) is 3.01. The van der Waals surface area contributed by atoms with Gasteiger partial charge in [0.15, 0.2) is 0 Å².